The van der Waals surface area contributed by atoms with Crippen molar-refractivity contribution in [1.29, 1.82) is 0 Å². The second-order valence-corrected chi connectivity index (χ2v) is 7.31. The number of nitrogens with one attached hydrogen (secondary N) is 2. The third-order valence-electron chi connectivity index (χ3n) is 4.38. The van der Waals surface area contributed by atoms with Gasteiger partial charge in [0.25, 0.3) is 0 Å². The number of hydrogen-bond donors (Lipinski definition) is 2. The number of piperidine rings is 1. The molecular weight excluding hydrogens is 486 g/mol. The molecule has 1 heterocycles. The van der Waals surface area contributed by atoms with Crippen LogP contribution >= 0.6 is 24.0 Å². The standard InChI is InChI=1S/C18H32F3N5O.HI/c1-14(2)11-23-17(24-12-16(27)25(3)4)22-8-5-15-6-9-26(10-7-15)13-18(19,20)21;/h15H,1,5-13H2,2-4H3,(H2,22,23,24);1H. The number of alkyl halides is 3. The van der Waals surface area contributed by atoms with Crippen molar-refractivity contribution in [3.8, 4) is 0 Å². The monoisotopic (exact) mass is 519 g/mol. The third kappa shape index (κ3) is 12.4. The maximum absolute atomic E-state index is 12.4. The highest BCUT2D eigenvalue weighted by Gasteiger charge is 2.32. The van der Waals surface area contributed by atoms with E-state index >= 15 is 0 Å². The van der Waals surface area contributed by atoms with E-state index in [0.717, 1.165) is 24.8 Å². The van der Waals surface area contributed by atoms with Crippen LogP contribution in [0.3, 0.4) is 0 Å². The number of likely N-dealkylation sites (tertiary alicyclic amines) is 1. The van der Waals surface area contributed by atoms with Gasteiger partial charge in [0.2, 0.25) is 5.91 Å². The van der Waals surface area contributed by atoms with E-state index in [1.165, 1.54) is 9.80 Å². The summed E-state index contributed by atoms with van der Waals surface area (Å²) in [5, 5.41) is 6.32. The van der Waals surface area contributed by atoms with Crippen molar-refractivity contribution < 1.29 is 18.0 Å². The molecule has 0 atom stereocenters. The molecule has 0 aliphatic carbocycles. The Morgan fingerprint density at radius 3 is 2.36 bits per heavy atom. The number of hydrogen-bond acceptors (Lipinski definition) is 3. The molecule has 0 radical (unpaired) electrons. The van der Waals surface area contributed by atoms with Crippen LogP contribution in [0.2, 0.25) is 0 Å². The van der Waals surface area contributed by atoms with Crippen LogP contribution < -0.4 is 10.6 Å². The number of carbonyl (C=O) groups excluding carboxylic acids is 1. The molecular formula is C18H33F3IN5O. The minimum absolute atomic E-state index is 0. The molecule has 1 rings (SSSR count). The lowest BCUT2D eigenvalue weighted by Gasteiger charge is -2.32. The first-order valence-corrected chi connectivity index (χ1v) is 9.22. The highest BCUT2D eigenvalue weighted by atomic mass is 127. The van der Waals surface area contributed by atoms with Gasteiger partial charge in [0.1, 0.15) is 6.54 Å². The molecule has 0 unspecified atom stereocenters. The first-order valence-electron chi connectivity index (χ1n) is 9.22. The second-order valence-electron chi connectivity index (χ2n) is 7.31. The predicted molar refractivity (Wildman–Crippen MR) is 117 cm³/mol. The highest BCUT2D eigenvalue weighted by Crippen LogP contribution is 2.23. The van der Waals surface area contributed by atoms with Gasteiger partial charge in [-0.25, -0.2) is 4.99 Å². The van der Waals surface area contributed by atoms with Gasteiger partial charge < -0.3 is 15.5 Å². The summed E-state index contributed by atoms with van der Waals surface area (Å²) in [6, 6.07) is 0. The van der Waals surface area contributed by atoms with Gasteiger partial charge in [0, 0.05) is 27.2 Å². The Bertz CT molecular complexity index is 518. The first-order chi connectivity index (χ1) is 12.6. The molecule has 1 saturated heterocycles. The molecule has 0 aromatic carbocycles. The van der Waals surface area contributed by atoms with Crippen molar-refractivity contribution in [2.45, 2.75) is 32.4 Å². The fourth-order valence-electron chi connectivity index (χ4n) is 2.78. The van der Waals surface area contributed by atoms with Gasteiger partial charge in [-0.15, -0.1) is 24.0 Å². The molecule has 28 heavy (non-hydrogen) atoms. The molecule has 1 aliphatic rings. The lowest BCUT2D eigenvalue weighted by Crippen LogP contribution is -2.42. The molecule has 1 aliphatic heterocycles. The topological polar surface area (TPSA) is 60.0 Å². The summed E-state index contributed by atoms with van der Waals surface area (Å²) in [6.07, 6.45) is -1.74. The van der Waals surface area contributed by atoms with Crippen LogP contribution in [0.25, 0.3) is 0 Å². The Kier molecular flexibility index (Phi) is 12.7. The van der Waals surface area contributed by atoms with Crippen molar-refractivity contribution in [1.82, 2.24) is 20.4 Å². The zero-order valence-electron chi connectivity index (χ0n) is 16.9. The quantitative estimate of drug-likeness (QED) is 0.224. The fraction of sp³-hybridized carbons (Fsp3) is 0.778. The van der Waals surface area contributed by atoms with Gasteiger partial charge in [-0.1, -0.05) is 12.2 Å². The van der Waals surface area contributed by atoms with Crippen LogP contribution in [0.1, 0.15) is 26.2 Å². The fourth-order valence-corrected chi connectivity index (χ4v) is 2.78. The highest BCUT2D eigenvalue weighted by molar-refractivity contribution is 14.0. The maximum Gasteiger partial charge on any atom is 0.401 e. The average Bonchev–Trinajstić information content (AvgIpc) is 2.56. The van der Waals surface area contributed by atoms with Crippen LogP contribution in [0.5, 0.6) is 0 Å². The van der Waals surface area contributed by atoms with E-state index in [1.807, 2.05) is 6.92 Å². The van der Waals surface area contributed by atoms with Crippen molar-refractivity contribution >= 4 is 35.8 Å². The number of nitrogens with zero attached hydrogens (tertiary/aromatic N) is 3. The molecule has 2 N–H and O–H groups in total. The average molecular weight is 519 g/mol. The Morgan fingerprint density at radius 2 is 1.86 bits per heavy atom. The molecule has 0 spiro atoms. The van der Waals surface area contributed by atoms with Crippen molar-refractivity contribution in [2.24, 2.45) is 10.9 Å². The van der Waals surface area contributed by atoms with Crippen molar-refractivity contribution in [2.75, 3.05) is 53.4 Å². The number of rotatable bonds is 8. The summed E-state index contributed by atoms with van der Waals surface area (Å²) in [5.74, 6) is 0.846. The first kappa shape index (κ1) is 27.0. The lowest BCUT2D eigenvalue weighted by atomic mass is 9.93. The van der Waals surface area contributed by atoms with Crippen LogP contribution in [0.4, 0.5) is 13.2 Å². The van der Waals surface area contributed by atoms with Gasteiger partial charge >= 0.3 is 6.18 Å². The van der Waals surface area contributed by atoms with Crippen LogP contribution in [0, 0.1) is 5.92 Å². The normalized spacial score (nSPS) is 16.3. The zero-order valence-corrected chi connectivity index (χ0v) is 19.3. The van der Waals surface area contributed by atoms with Crippen LogP contribution in [-0.2, 0) is 4.79 Å². The van der Waals surface area contributed by atoms with Gasteiger partial charge in [-0.3, -0.25) is 9.69 Å². The Labute approximate surface area is 183 Å². The third-order valence-corrected chi connectivity index (χ3v) is 4.38. The second kappa shape index (κ2) is 13.2. The SMILES string of the molecule is C=C(C)CNC(=NCC(=O)N(C)C)NCCC1CCN(CC(F)(F)F)CC1.I. The van der Waals surface area contributed by atoms with E-state index in [0.29, 0.717) is 38.1 Å². The van der Waals surface area contributed by atoms with Crippen LogP contribution in [0.15, 0.2) is 17.1 Å². The minimum Gasteiger partial charge on any atom is -0.356 e. The molecule has 1 amide bonds. The van der Waals surface area contributed by atoms with Gasteiger partial charge in [0.15, 0.2) is 5.96 Å². The summed E-state index contributed by atoms with van der Waals surface area (Å²) in [6.45, 7) is 7.13. The number of amides is 1. The molecule has 10 heteroatoms. The number of guanidine groups is 1. The number of aliphatic imine (C=N–C) groups is 1. The Balaban J connectivity index is 0.00000729. The summed E-state index contributed by atoms with van der Waals surface area (Å²) >= 11 is 0. The number of halogens is 4. The molecule has 0 aromatic rings. The van der Waals surface area contributed by atoms with Crippen molar-refractivity contribution in [3.05, 3.63) is 12.2 Å². The molecule has 1 fully saturated rings. The van der Waals surface area contributed by atoms with E-state index in [4.69, 9.17) is 0 Å². The van der Waals surface area contributed by atoms with Crippen molar-refractivity contribution in [3.63, 3.8) is 0 Å². The van der Waals surface area contributed by atoms with E-state index in [2.05, 4.69) is 22.2 Å². The van der Waals surface area contributed by atoms with E-state index in [9.17, 15) is 18.0 Å². The van der Waals surface area contributed by atoms with Crippen LogP contribution in [-0.4, -0.2) is 81.2 Å². The lowest BCUT2D eigenvalue weighted by molar-refractivity contribution is -0.148. The molecule has 0 bridgehead atoms. The minimum atomic E-state index is -4.13. The molecule has 6 nitrogen and oxygen atoms in total. The Hall–Kier alpha value is -1.04. The van der Waals surface area contributed by atoms with Gasteiger partial charge in [-0.05, 0) is 45.2 Å². The number of likely N-dealkylation sites (N-methyl/N-ethyl adjacent to an activating group) is 1. The molecule has 0 aromatic heterocycles. The summed E-state index contributed by atoms with van der Waals surface area (Å²) < 4.78 is 37.3. The van der Waals surface area contributed by atoms with E-state index in [-0.39, 0.29) is 36.4 Å². The maximum atomic E-state index is 12.4. The van der Waals surface area contributed by atoms with E-state index < -0.39 is 12.7 Å². The molecule has 0 saturated carbocycles. The summed E-state index contributed by atoms with van der Waals surface area (Å²) in [7, 11) is 3.36. The largest absolute Gasteiger partial charge is 0.401 e. The van der Waals surface area contributed by atoms with Gasteiger partial charge in [-0.2, -0.15) is 13.2 Å². The van der Waals surface area contributed by atoms with Gasteiger partial charge in [0.05, 0.1) is 6.54 Å². The summed E-state index contributed by atoms with van der Waals surface area (Å²) in [5.41, 5.74) is 0.945. The smallest absolute Gasteiger partial charge is 0.356 e. The Morgan fingerprint density at radius 1 is 1.25 bits per heavy atom. The number of carbonyl (C=O) groups is 1. The zero-order chi connectivity index (χ0) is 20.4. The predicted octanol–water partition coefficient (Wildman–Crippen LogP) is 2.47. The molecule has 164 valence electrons. The summed E-state index contributed by atoms with van der Waals surface area (Å²) in [4.78, 5) is 18.9. The van der Waals surface area contributed by atoms with E-state index in [1.54, 1.807) is 14.1 Å².